The van der Waals surface area contributed by atoms with Crippen molar-refractivity contribution in [2.75, 3.05) is 47.1 Å². The molecule has 0 aliphatic carbocycles. The molecular weight excluding hydrogens is 418 g/mol. The van der Waals surface area contributed by atoms with Gasteiger partial charge in [-0.15, -0.1) is 0 Å². The summed E-state index contributed by atoms with van der Waals surface area (Å²) in [5.74, 6) is 1.72. The van der Waals surface area contributed by atoms with Crippen LogP contribution in [-0.2, 0) is 24.3 Å². The molecule has 0 saturated carbocycles. The molecule has 1 aliphatic rings. The van der Waals surface area contributed by atoms with E-state index < -0.39 is 17.4 Å². The van der Waals surface area contributed by atoms with Crippen LogP contribution in [0.1, 0.15) is 32.8 Å². The minimum atomic E-state index is -2.69. The van der Waals surface area contributed by atoms with E-state index in [1.807, 2.05) is 39.0 Å². The molecule has 1 aromatic rings. The van der Waals surface area contributed by atoms with Crippen molar-refractivity contribution in [1.82, 2.24) is 4.90 Å². The molecule has 1 aliphatic heterocycles. The lowest BCUT2D eigenvalue weighted by Crippen LogP contribution is -2.47. The monoisotopic (exact) mass is 457 g/mol. The van der Waals surface area contributed by atoms with Crippen molar-refractivity contribution < 1.29 is 26.9 Å². The molecule has 0 aromatic heterocycles. The van der Waals surface area contributed by atoms with E-state index in [1.54, 1.807) is 0 Å². The number of nitrogens with zero attached hydrogens (tertiary/aromatic N) is 1. The van der Waals surface area contributed by atoms with Gasteiger partial charge in [-0.2, -0.15) is 0 Å². The van der Waals surface area contributed by atoms with Crippen molar-refractivity contribution >= 4 is 17.4 Å². The summed E-state index contributed by atoms with van der Waals surface area (Å²) in [6, 6.07) is 7.58. The molecule has 2 rings (SSSR count). The molecular formula is C21H39NO6Si2. The SMILES string of the molecule is CCO[Si](CCOc1ccc2c(c1)CO[Si](C)(CCCN(C)C)O2)(OCC)OCC. The number of rotatable bonds is 14. The molecule has 1 aromatic carbocycles. The summed E-state index contributed by atoms with van der Waals surface area (Å²) < 4.78 is 36.1. The van der Waals surface area contributed by atoms with E-state index in [9.17, 15) is 0 Å². The molecule has 1 unspecified atom stereocenters. The molecule has 172 valence electrons. The predicted octanol–water partition coefficient (Wildman–Crippen LogP) is 4.05. The zero-order chi connectivity index (χ0) is 22.0. The van der Waals surface area contributed by atoms with Crippen LogP contribution in [0, 0.1) is 0 Å². The molecule has 30 heavy (non-hydrogen) atoms. The summed E-state index contributed by atoms with van der Waals surface area (Å²) in [4.78, 5) is 2.19. The van der Waals surface area contributed by atoms with Crippen LogP contribution in [0.25, 0.3) is 0 Å². The summed E-state index contributed by atoms with van der Waals surface area (Å²) >= 11 is 0. The van der Waals surface area contributed by atoms with Gasteiger partial charge in [-0.3, -0.25) is 0 Å². The van der Waals surface area contributed by atoms with E-state index >= 15 is 0 Å². The number of fused-ring (bicyclic) bond motifs is 1. The summed E-state index contributed by atoms with van der Waals surface area (Å²) in [7, 11) is -0.671. The van der Waals surface area contributed by atoms with Crippen LogP contribution >= 0.6 is 0 Å². The third-order valence-corrected chi connectivity index (χ3v) is 10.6. The van der Waals surface area contributed by atoms with Crippen LogP contribution < -0.4 is 9.16 Å². The lowest BCUT2D eigenvalue weighted by molar-refractivity contribution is 0.0675. The van der Waals surface area contributed by atoms with Crippen LogP contribution in [0.4, 0.5) is 0 Å². The first-order chi connectivity index (χ1) is 14.4. The second kappa shape index (κ2) is 12.2. The first-order valence-corrected chi connectivity index (χ1v) is 15.5. The Bertz CT molecular complexity index is 631. The third-order valence-electron chi connectivity index (χ3n) is 4.90. The smallest absolute Gasteiger partial charge is 0.504 e. The Morgan fingerprint density at radius 1 is 1.07 bits per heavy atom. The fourth-order valence-corrected chi connectivity index (χ4v) is 8.07. The highest BCUT2D eigenvalue weighted by Gasteiger charge is 2.40. The van der Waals surface area contributed by atoms with E-state index in [-0.39, 0.29) is 0 Å². The van der Waals surface area contributed by atoms with Gasteiger partial charge < -0.3 is 31.8 Å². The minimum Gasteiger partial charge on any atom is -0.520 e. The largest absolute Gasteiger partial charge is 0.520 e. The molecule has 0 fully saturated rings. The van der Waals surface area contributed by atoms with Gasteiger partial charge in [0.15, 0.2) is 0 Å². The molecule has 1 heterocycles. The van der Waals surface area contributed by atoms with Crippen molar-refractivity contribution in [3.63, 3.8) is 0 Å². The maximum absolute atomic E-state index is 6.30. The van der Waals surface area contributed by atoms with E-state index in [0.717, 1.165) is 36.1 Å². The Morgan fingerprint density at radius 3 is 2.33 bits per heavy atom. The Labute approximate surface area is 184 Å². The zero-order valence-electron chi connectivity index (χ0n) is 19.5. The van der Waals surface area contributed by atoms with Crippen LogP contribution in [-0.4, -0.2) is 69.3 Å². The Morgan fingerprint density at radius 2 is 1.73 bits per heavy atom. The molecule has 7 nitrogen and oxygen atoms in total. The van der Waals surface area contributed by atoms with Gasteiger partial charge in [0.1, 0.15) is 11.5 Å². The van der Waals surface area contributed by atoms with E-state index in [0.29, 0.717) is 39.1 Å². The van der Waals surface area contributed by atoms with Crippen molar-refractivity contribution in [3.8, 4) is 11.5 Å². The van der Waals surface area contributed by atoms with Gasteiger partial charge in [0, 0.05) is 31.4 Å². The highest BCUT2D eigenvalue weighted by atomic mass is 28.4. The number of ether oxygens (including phenoxy) is 1. The van der Waals surface area contributed by atoms with Crippen LogP contribution in [0.3, 0.4) is 0 Å². The van der Waals surface area contributed by atoms with Crippen molar-refractivity contribution in [2.45, 2.75) is 52.4 Å². The van der Waals surface area contributed by atoms with E-state index in [1.165, 1.54) is 0 Å². The predicted molar refractivity (Wildman–Crippen MR) is 122 cm³/mol. The summed E-state index contributed by atoms with van der Waals surface area (Å²) in [5, 5.41) is 0. The van der Waals surface area contributed by atoms with Crippen LogP contribution in [0.2, 0.25) is 18.6 Å². The van der Waals surface area contributed by atoms with Gasteiger partial charge in [-0.25, -0.2) is 0 Å². The lowest BCUT2D eigenvalue weighted by atomic mass is 10.2. The fourth-order valence-electron chi connectivity index (χ4n) is 3.49. The van der Waals surface area contributed by atoms with Crippen molar-refractivity contribution in [3.05, 3.63) is 23.8 Å². The first-order valence-electron chi connectivity index (χ1n) is 11.0. The lowest BCUT2D eigenvalue weighted by Gasteiger charge is -2.34. The van der Waals surface area contributed by atoms with Gasteiger partial charge in [0.2, 0.25) is 0 Å². The maximum atomic E-state index is 6.30. The second-order valence-corrected chi connectivity index (χ2v) is 13.8. The Kier molecular flexibility index (Phi) is 10.3. The van der Waals surface area contributed by atoms with Gasteiger partial charge in [-0.05, 0) is 72.6 Å². The summed E-state index contributed by atoms with van der Waals surface area (Å²) in [5.41, 5.74) is 1.04. The molecule has 0 radical (unpaired) electrons. The standard InChI is InChI=1S/C21H39NO6Si2/c1-7-24-30(25-8-2,26-9-3)16-14-23-20-11-12-21-19(17-20)18-27-29(6,28-21)15-10-13-22(4)5/h11-12,17H,7-10,13-16,18H2,1-6H3. The highest BCUT2D eigenvalue weighted by Crippen LogP contribution is 2.34. The molecule has 9 heteroatoms. The van der Waals surface area contributed by atoms with Gasteiger partial charge in [0.25, 0.3) is 0 Å². The van der Waals surface area contributed by atoms with E-state index in [4.69, 9.17) is 26.9 Å². The molecule has 0 bridgehead atoms. The summed E-state index contributed by atoms with van der Waals surface area (Å²) in [6.45, 7) is 11.8. The zero-order valence-corrected chi connectivity index (χ0v) is 21.5. The molecule has 0 amide bonds. The highest BCUT2D eigenvalue weighted by molar-refractivity contribution is 6.67. The number of hydrogen-bond donors (Lipinski definition) is 0. The summed E-state index contributed by atoms with van der Waals surface area (Å²) in [6.07, 6.45) is 1.08. The van der Waals surface area contributed by atoms with Crippen molar-refractivity contribution in [1.29, 1.82) is 0 Å². The number of hydrogen-bond acceptors (Lipinski definition) is 7. The minimum absolute atomic E-state index is 0.476. The van der Waals surface area contributed by atoms with Gasteiger partial charge in [-0.1, -0.05) is 0 Å². The first kappa shape index (κ1) is 25.3. The third kappa shape index (κ3) is 7.63. The van der Waals surface area contributed by atoms with Gasteiger partial charge in [0.05, 0.1) is 19.3 Å². The Balaban J connectivity index is 1.92. The Hall–Kier alpha value is -0.946. The average molecular weight is 458 g/mol. The molecule has 1 atom stereocenters. The topological polar surface area (TPSA) is 58.6 Å². The van der Waals surface area contributed by atoms with Crippen molar-refractivity contribution in [2.24, 2.45) is 0 Å². The normalized spacial score (nSPS) is 18.9. The molecule has 0 spiro atoms. The second-order valence-electron chi connectivity index (χ2n) is 7.78. The van der Waals surface area contributed by atoms with Gasteiger partial charge >= 0.3 is 17.4 Å². The molecule has 0 N–H and O–H groups in total. The number of benzene rings is 1. The molecule has 0 saturated heterocycles. The quantitative estimate of drug-likeness (QED) is 0.391. The fraction of sp³-hybridized carbons (Fsp3) is 0.714. The van der Waals surface area contributed by atoms with E-state index in [2.05, 4.69) is 25.5 Å². The average Bonchev–Trinajstić information content (AvgIpc) is 2.68. The van der Waals surface area contributed by atoms with Crippen LogP contribution in [0.15, 0.2) is 18.2 Å². The maximum Gasteiger partial charge on any atom is 0.504 e. The van der Waals surface area contributed by atoms with Crippen LogP contribution in [0.5, 0.6) is 11.5 Å².